The lowest BCUT2D eigenvalue weighted by Crippen LogP contribution is -2.48. The van der Waals surface area contributed by atoms with Gasteiger partial charge in [0, 0.05) is 37.7 Å². The predicted octanol–water partition coefficient (Wildman–Crippen LogP) is 1.15. The Labute approximate surface area is 123 Å². The number of carbonyl (C=O) groups is 1. The summed E-state index contributed by atoms with van der Waals surface area (Å²) >= 11 is 0. The molecule has 1 fully saturated rings. The summed E-state index contributed by atoms with van der Waals surface area (Å²) in [6.45, 7) is 4.24. The number of piperazine rings is 1. The standard InChI is InChI=1S/C15H19N5O/c1-2-12-8-13(19-18-12)15(21)20-7-6-17-10-14(20)11-4-3-5-16-9-11/h3-5,8-9,14,17H,2,6-7,10H2,1H3,(H,18,19). The largest absolute Gasteiger partial charge is 0.328 e. The quantitative estimate of drug-likeness (QED) is 0.887. The summed E-state index contributed by atoms with van der Waals surface area (Å²) in [5, 5.41) is 10.4. The summed E-state index contributed by atoms with van der Waals surface area (Å²) in [7, 11) is 0. The van der Waals surface area contributed by atoms with Crippen LogP contribution in [-0.2, 0) is 6.42 Å². The Morgan fingerprint density at radius 2 is 2.43 bits per heavy atom. The van der Waals surface area contributed by atoms with Gasteiger partial charge in [0.25, 0.3) is 5.91 Å². The number of hydrogen-bond donors (Lipinski definition) is 2. The van der Waals surface area contributed by atoms with Gasteiger partial charge in [0.1, 0.15) is 5.69 Å². The molecule has 0 radical (unpaired) electrons. The molecule has 6 heteroatoms. The second-order valence-electron chi connectivity index (χ2n) is 5.14. The molecule has 1 saturated heterocycles. The van der Waals surface area contributed by atoms with Crippen LogP contribution in [0.5, 0.6) is 0 Å². The summed E-state index contributed by atoms with van der Waals surface area (Å²) in [5.41, 5.74) is 2.51. The van der Waals surface area contributed by atoms with Crippen LogP contribution in [0.15, 0.2) is 30.6 Å². The van der Waals surface area contributed by atoms with Crippen LogP contribution >= 0.6 is 0 Å². The molecule has 1 aliphatic heterocycles. The van der Waals surface area contributed by atoms with Gasteiger partial charge in [0.2, 0.25) is 0 Å². The number of nitrogens with zero attached hydrogens (tertiary/aromatic N) is 3. The van der Waals surface area contributed by atoms with Gasteiger partial charge < -0.3 is 10.2 Å². The fourth-order valence-electron chi connectivity index (χ4n) is 2.62. The predicted molar refractivity (Wildman–Crippen MR) is 78.8 cm³/mol. The molecule has 2 N–H and O–H groups in total. The van der Waals surface area contributed by atoms with E-state index in [1.807, 2.05) is 36.2 Å². The number of hydrogen-bond acceptors (Lipinski definition) is 4. The van der Waals surface area contributed by atoms with Crippen molar-refractivity contribution in [3.63, 3.8) is 0 Å². The Morgan fingerprint density at radius 3 is 3.14 bits per heavy atom. The molecule has 0 aromatic carbocycles. The third-order valence-electron chi connectivity index (χ3n) is 3.80. The maximum atomic E-state index is 12.7. The number of rotatable bonds is 3. The second-order valence-corrected chi connectivity index (χ2v) is 5.14. The number of nitrogens with one attached hydrogen (secondary N) is 2. The smallest absolute Gasteiger partial charge is 0.274 e. The van der Waals surface area contributed by atoms with Crippen molar-refractivity contribution in [2.24, 2.45) is 0 Å². The fraction of sp³-hybridized carbons (Fsp3) is 0.400. The minimum Gasteiger partial charge on any atom is -0.328 e. The summed E-state index contributed by atoms with van der Waals surface area (Å²) in [5.74, 6) is -0.0266. The summed E-state index contributed by atoms with van der Waals surface area (Å²) in [6.07, 6.45) is 4.40. The number of amides is 1. The van der Waals surface area contributed by atoms with Crippen molar-refractivity contribution in [3.05, 3.63) is 47.5 Å². The van der Waals surface area contributed by atoms with Crippen molar-refractivity contribution in [2.75, 3.05) is 19.6 Å². The maximum Gasteiger partial charge on any atom is 0.274 e. The second kappa shape index (κ2) is 6.05. The summed E-state index contributed by atoms with van der Waals surface area (Å²) < 4.78 is 0. The van der Waals surface area contributed by atoms with Gasteiger partial charge in [-0.05, 0) is 24.1 Å². The Bertz CT molecular complexity index is 610. The molecule has 2 aromatic heterocycles. The molecule has 0 bridgehead atoms. The van der Waals surface area contributed by atoms with Crippen LogP contribution in [-0.4, -0.2) is 45.6 Å². The lowest BCUT2D eigenvalue weighted by atomic mass is 10.0. The van der Waals surface area contributed by atoms with Crippen molar-refractivity contribution in [2.45, 2.75) is 19.4 Å². The molecule has 3 heterocycles. The molecule has 2 aromatic rings. The van der Waals surface area contributed by atoms with Crippen LogP contribution in [0.2, 0.25) is 0 Å². The van der Waals surface area contributed by atoms with Crippen LogP contribution in [0, 0.1) is 0 Å². The zero-order valence-electron chi connectivity index (χ0n) is 12.0. The summed E-state index contributed by atoms with van der Waals surface area (Å²) in [6, 6.07) is 5.75. The highest BCUT2D eigenvalue weighted by Gasteiger charge is 2.29. The fourth-order valence-corrected chi connectivity index (χ4v) is 2.62. The number of pyridine rings is 1. The highest BCUT2D eigenvalue weighted by molar-refractivity contribution is 5.92. The molecule has 21 heavy (non-hydrogen) atoms. The first kappa shape index (κ1) is 13.8. The number of H-pyrrole nitrogens is 1. The van der Waals surface area contributed by atoms with E-state index in [2.05, 4.69) is 20.5 Å². The topological polar surface area (TPSA) is 73.9 Å². The van der Waals surface area contributed by atoms with Gasteiger partial charge >= 0.3 is 0 Å². The zero-order valence-corrected chi connectivity index (χ0v) is 12.0. The molecular formula is C15H19N5O. The minimum atomic E-state index is -0.0266. The van der Waals surface area contributed by atoms with Gasteiger partial charge in [-0.25, -0.2) is 0 Å². The number of carbonyl (C=O) groups excluding carboxylic acids is 1. The SMILES string of the molecule is CCc1cc(C(=O)N2CCNCC2c2cccnc2)n[nH]1. The third-order valence-corrected chi connectivity index (χ3v) is 3.80. The molecule has 6 nitrogen and oxygen atoms in total. The Morgan fingerprint density at radius 1 is 1.52 bits per heavy atom. The lowest BCUT2D eigenvalue weighted by Gasteiger charge is -2.35. The van der Waals surface area contributed by atoms with Crippen molar-refractivity contribution in [1.29, 1.82) is 0 Å². The molecule has 0 spiro atoms. The highest BCUT2D eigenvalue weighted by Crippen LogP contribution is 2.23. The van der Waals surface area contributed by atoms with Crippen molar-refractivity contribution < 1.29 is 4.79 Å². The molecule has 110 valence electrons. The van der Waals surface area contributed by atoms with E-state index >= 15 is 0 Å². The first-order valence-corrected chi connectivity index (χ1v) is 7.25. The van der Waals surface area contributed by atoms with E-state index in [0.29, 0.717) is 12.2 Å². The molecular weight excluding hydrogens is 266 g/mol. The van der Waals surface area contributed by atoms with E-state index in [-0.39, 0.29) is 11.9 Å². The molecule has 0 aliphatic carbocycles. The van der Waals surface area contributed by atoms with E-state index in [4.69, 9.17) is 0 Å². The first-order valence-electron chi connectivity index (χ1n) is 7.25. The maximum absolute atomic E-state index is 12.7. The van der Waals surface area contributed by atoms with Crippen molar-refractivity contribution >= 4 is 5.91 Å². The number of aromatic nitrogens is 3. The van der Waals surface area contributed by atoms with E-state index in [1.54, 1.807) is 6.20 Å². The zero-order chi connectivity index (χ0) is 14.7. The lowest BCUT2D eigenvalue weighted by molar-refractivity contribution is 0.0628. The van der Waals surface area contributed by atoms with E-state index < -0.39 is 0 Å². The first-order chi connectivity index (χ1) is 10.3. The Kier molecular flexibility index (Phi) is 3.96. The van der Waals surface area contributed by atoms with E-state index in [0.717, 1.165) is 30.8 Å². The molecule has 0 saturated carbocycles. The molecule has 1 aliphatic rings. The van der Waals surface area contributed by atoms with Gasteiger partial charge in [0.15, 0.2) is 0 Å². The monoisotopic (exact) mass is 285 g/mol. The molecule has 1 atom stereocenters. The van der Waals surface area contributed by atoms with Gasteiger partial charge in [-0.2, -0.15) is 5.10 Å². The Hall–Kier alpha value is -2.21. The van der Waals surface area contributed by atoms with Crippen LogP contribution in [0.3, 0.4) is 0 Å². The van der Waals surface area contributed by atoms with E-state index in [9.17, 15) is 4.79 Å². The molecule has 1 amide bonds. The van der Waals surface area contributed by atoms with Crippen LogP contribution in [0.1, 0.15) is 34.7 Å². The van der Waals surface area contributed by atoms with Crippen molar-refractivity contribution in [1.82, 2.24) is 25.4 Å². The van der Waals surface area contributed by atoms with Crippen LogP contribution < -0.4 is 5.32 Å². The van der Waals surface area contributed by atoms with E-state index in [1.165, 1.54) is 0 Å². The average Bonchev–Trinajstić information content (AvgIpc) is 3.04. The van der Waals surface area contributed by atoms with Crippen molar-refractivity contribution in [3.8, 4) is 0 Å². The Balaban J connectivity index is 1.85. The number of aryl methyl sites for hydroxylation is 1. The highest BCUT2D eigenvalue weighted by atomic mass is 16.2. The van der Waals surface area contributed by atoms with Crippen LogP contribution in [0.25, 0.3) is 0 Å². The number of aromatic amines is 1. The van der Waals surface area contributed by atoms with Gasteiger partial charge in [-0.15, -0.1) is 0 Å². The molecule has 1 unspecified atom stereocenters. The van der Waals surface area contributed by atoms with Gasteiger partial charge in [0.05, 0.1) is 6.04 Å². The third kappa shape index (κ3) is 2.80. The average molecular weight is 285 g/mol. The minimum absolute atomic E-state index is 0.00160. The van der Waals surface area contributed by atoms with Gasteiger partial charge in [-0.3, -0.25) is 14.9 Å². The van der Waals surface area contributed by atoms with Crippen LogP contribution in [0.4, 0.5) is 0 Å². The normalized spacial score (nSPS) is 18.7. The van der Waals surface area contributed by atoms with Gasteiger partial charge in [-0.1, -0.05) is 13.0 Å². The molecule has 3 rings (SSSR count). The summed E-state index contributed by atoms with van der Waals surface area (Å²) in [4.78, 5) is 18.7.